The molecule has 0 saturated heterocycles. The minimum atomic E-state index is -0.0988. The average molecular weight is 310 g/mol. The maximum absolute atomic E-state index is 11.3. The van der Waals surface area contributed by atoms with Crippen molar-refractivity contribution in [3.05, 3.63) is 24.3 Å². The second kappa shape index (κ2) is 18.0. The summed E-state index contributed by atoms with van der Waals surface area (Å²) in [6.07, 6.45) is 19.9. The molecule has 3 nitrogen and oxygen atoms in total. The lowest BCUT2D eigenvalue weighted by Gasteiger charge is -2.04. The molecule has 0 aromatic carbocycles. The number of allylic oxidation sites excluding steroid dienone is 4. The van der Waals surface area contributed by atoms with Crippen molar-refractivity contribution in [2.24, 2.45) is 0 Å². The van der Waals surface area contributed by atoms with E-state index in [0.717, 1.165) is 12.8 Å². The molecular formula is C19H34O3. The Morgan fingerprint density at radius 3 is 2.18 bits per heavy atom. The van der Waals surface area contributed by atoms with E-state index in [2.05, 4.69) is 31.2 Å². The molecule has 0 aliphatic rings. The number of ether oxygens (including phenoxy) is 2. The van der Waals surface area contributed by atoms with E-state index in [-0.39, 0.29) is 5.97 Å². The number of carbonyl (C=O) groups excluding carboxylic acids is 1. The molecule has 0 aromatic rings. The largest absolute Gasteiger partial charge is 0.463 e. The Morgan fingerprint density at radius 1 is 0.864 bits per heavy atom. The minimum Gasteiger partial charge on any atom is -0.463 e. The van der Waals surface area contributed by atoms with Crippen molar-refractivity contribution in [2.45, 2.75) is 71.1 Å². The summed E-state index contributed by atoms with van der Waals surface area (Å²) in [6, 6.07) is 0. The number of carbonyl (C=O) groups is 1. The van der Waals surface area contributed by atoms with Crippen molar-refractivity contribution in [2.75, 3.05) is 20.3 Å². The summed E-state index contributed by atoms with van der Waals surface area (Å²) < 4.78 is 9.84. The fourth-order valence-corrected chi connectivity index (χ4v) is 2.07. The molecule has 0 aliphatic heterocycles. The van der Waals surface area contributed by atoms with Crippen molar-refractivity contribution in [3.63, 3.8) is 0 Å². The van der Waals surface area contributed by atoms with Crippen LogP contribution in [0.25, 0.3) is 0 Å². The lowest BCUT2D eigenvalue weighted by atomic mass is 10.1. The SMILES string of the molecule is CCCC=CC=CCCCCCCCCC(=O)OCCOC. The van der Waals surface area contributed by atoms with Crippen molar-refractivity contribution in [1.29, 1.82) is 0 Å². The number of esters is 1. The maximum Gasteiger partial charge on any atom is 0.305 e. The van der Waals surface area contributed by atoms with E-state index < -0.39 is 0 Å². The fraction of sp³-hybridized carbons (Fsp3) is 0.737. The van der Waals surface area contributed by atoms with E-state index in [4.69, 9.17) is 9.47 Å². The summed E-state index contributed by atoms with van der Waals surface area (Å²) in [5.74, 6) is -0.0988. The summed E-state index contributed by atoms with van der Waals surface area (Å²) in [7, 11) is 1.60. The van der Waals surface area contributed by atoms with E-state index in [0.29, 0.717) is 19.6 Å². The predicted molar refractivity (Wildman–Crippen MR) is 93.0 cm³/mol. The summed E-state index contributed by atoms with van der Waals surface area (Å²) in [5, 5.41) is 0. The van der Waals surface area contributed by atoms with Crippen LogP contribution in [0.5, 0.6) is 0 Å². The van der Waals surface area contributed by atoms with Crippen molar-refractivity contribution in [1.82, 2.24) is 0 Å². The molecule has 0 N–H and O–H groups in total. The summed E-state index contributed by atoms with van der Waals surface area (Å²) in [6.45, 7) is 3.05. The van der Waals surface area contributed by atoms with E-state index in [9.17, 15) is 4.79 Å². The molecular weight excluding hydrogens is 276 g/mol. The van der Waals surface area contributed by atoms with Gasteiger partial charge in [0.05, 0.1) is 6.61 Å². The van der Waals surface area contributed by atoms with Gasteiger partial charge in [-0.15, -0.1) is 0 Å². The molecule has 3 heteroatoms. The van der Waals surface area contributed by atoms with E-state index in [1.54, 1.807) is 7.11 Å². The van der Waals surface area contributed by atoms with E-state index in [1.807, 2.05) is 0 Å². The zero-order valence-electron chi connectivity index (χ0n) is 14.5. The number of rotatable bonds is 15. The normalized spacial score (nSPS) is 11.5. The summed E-state index contributed by atoms with van der Waals surface area (Å²) >= 11 is 0. The molecule has 128 valence electrons. The zero-order chi connectivity index (χ0) is 16.3. The highest BCUT2D eigenvalue weighted by Gasteiger charge is 2.01. The Hall–Kier alpha value is -1.09. The molecule has 0 amide bonds. The lowest BCUT2D eigenvalue weighted by Crippen LogP contribution is -2.09. The molecule has 0 fully saturated rings. The summed E-state index contributed by atoms with van der Waals surface area (Å²) in [4.78, 5) is 11.3. The molecule has 0 bridgehead atoms. The smallest absolute Gasteiger partial charge is 0.305 e. The van der Waals surface area contributed by atoms with Gasteiger partial charge >= 0.3 is 5.97 Å². The third-order valence-electron chi connectivity index (χ3n) is 3.39. The zero-order valence-corrected chi connectivity index (χ0v) is 14.5. The highest BCUT2D eigenvalue weighted by atomic mass is 16.6. The van der Waals surface area contributed by atoms with Gasteiger partial charge in [-0.25, -0.2) is 0 Å². The van der Waals surface area contributed by atoms with Crippen LogP contribution in [-0.4, -0.2) is 26.3 Å². The van der Waals surface area contributed by atoms with Gasteiger partial charge in [-0.1, -0.05) is 63.3 Å². The standard InChI is InChI=1S/C19H34O3/c1-3-4-5-6-7-8-9-10-11-12-13-14-15-16-19(20)22-18-17-21-2/h5-8H,3-4,9-18H2,1-2H3. The van der Waals surface area contributed by atoms with Gasteiger partial charge in [0, 0.05) is 13.5 Å². The number of hydrogen-bond acceptors (Lipinski definition) is 3. The lowest BCUT2D eigenvalue weighted by molar-refractivity contribution is -0.145. The molecule has 22 heavy (non-hydrogen) atoms. The Labute approximate surface area is 136 Å². The van der Waals surface area contributed by atoms with Crippen molar-refractivity contribution >= 4 is 5.97 Å². The second-order valence-corrected chi connectivity index (χ2v) is 5.52. The van der Waals surface area contributed by atoms with Crippen LogP contribution in [-0.2, 0) is 14.3 Å². The minimum absolute atomic E-state index is 0.0988. The van der Waals surface area contributed by atoms with E-state index >= 15 is 0 Å². The fourth-order valence-electron chi connectivity index (χ4n) is 2.07. The first kappa shape index (κ1) is 20.9. The Morgan fingerprint density at radius 2 is 1.50 bits per heavy atom. The molecule has 0 saturated carbocycles. The molecule has 0 aliphatic carbocycles. The molecule has 0 radical (unpaired) electrons. The van der Waals surface area contributed by atoms with Gasteiger partial charge in [0.1, 0.15) is 6.61 Å². The Kier molecular flexibility index (Phi) is 17.1. The Balaban J connectivity index is 3.21. The highest BCUT2D eigenvalue weighted by Crippen LogP contribution is 2.09. The highest BCUT2D eigenvalue weighted by molar-refractivity contribution is 5.69. The van der Waals surface area contributed by atoms with E-state index in [1.165, 1.54) is 44.9 Å². The number of methoxy groups -OCH3 is 1. The molecule has 0 unspecified atom stereocenters. The van der Waals surface area contributed by atoms with Gasteiger partial charge in [0.25, 0.3) is 0 Å². The predicted octanol–water partition coefficient (Wildman–Crippen LogP) is 5.21. The molecule has 0 aromatic heterocycles. The average Bonchev–Trinajstić information content (AvgIpc) is 2.52. The van der Waals surface area contributed by atoms with Crippen LogP contribution in [0.4, 0.5) is 0 Å². The van der Waals surface area contributed by atoms with Crippen molar-refractivity contribution in [3.8, 4) is 0 Å². The van der Waals surface area contributed by atoms with Gasteiger partial charge in [0.15, 0.2) is 0 Å². The van der Waals surface area contributed by atoms with Gasteiger partial charge < -0.3 is 9.47 Å². The van der Waals surface area contributed by atoms with Gasteiger partial charge in [-0.05, 0) is 25.7 Å². The van der Waals surface area contributed by atoms with Crippen LogP contribution in [0.15, 0.2) is 24.3 Å². The quantitative estimate of drug-likeness (QED) is 0.237. The van der Waals surface area contributed by atoms with Crippen LogP contribution < -0.4 is 0 Å². The van der Waals surface area contributed by atoms with Gasteiger partial charge in [-0.2, -0.15) is 0 Å². The van der Waals surface area contributed by atoms with Crippen LogP contribution in [0.3, 0.4) is 0 Å². The van der Waals surface area contributed by atoms with Gasteiger partial charge in [-0.3, -0.25) is 4.79 Å². The van der Waals surface area contributed by atoms with Crippen LogP contribution in [0.2, 0.25) is 0 Å². The van der Waals surface area contributed by atoms with Crippen LogP contribution in [0.1, 0.15) is 71.1 Å². The third kappa shape index (κ3) is 17.0. The molecule has 0 rings (SSSR count). The second-order valence-electron chi connectivity index (χ2n) is 5.52. The number of unbranched alkanes of at least 4 members (excludes halogenated alkanes) is 7. The first-order chi connectivity index (χ1) is 10.8. The first-order valence-corrected chi connectivity index (χ1v) is 8.77. The monoisotopic (exact) mass is 310 g/mol. The first-order valence-electron chi connectivity index (χ1n) is 8.77. The summed E-state index contributed by atoms with van der Waals surface area (Å²) in [5.41, 5.74) is 0. The Bertz CT molecular complexity index is 295. The molecule has 0 spiro atoms. The molecule has 0 heterocycles. The van der Waals surface area contributed by atoms with Crippen molar-refractivity contribution < 1.29 is 14.3 Å². The maximum atomic E-state index is 11.3. The van der Waals surface area contributed by atoms with Crippen LogP contribution in [0, 0.1) is 0 Å². The number of hydrogen-bond donors (Lipinski definition) is 0. The topological polar surface area (TPSA) is 35.5 Å². The van der Waals surface area contributed by atoms with Crippen LogP contribution >= 0.6 is 0 Å². The third-order valence-corrected chi connectivity index (χ3v) is 3.39. The molecule has 0 atom stereocenters. The van der Waals surface area contributed by atoms with Gasteiger partial charge in [0.2, 0.25) is 0 Å².